The zero-order valence-electron chi connectivity index (χ0n) is 17.6. The number of carbonyl (C=O) groups excluding carboxylic acids is 2. The van der Waals surface area contributed by atoms with Crippen molar-refractivity contribution >= 4 is 23.2 Å². The standard InChI is InChI=1S/C26H20N2O4/c1-14-11-12-15(13-20(14)28(31)32)27-24(29)23-21-16-7-3-5-9-18(16)22(26(23,2)25(27)30)19-10-6-4-8-17(19)21/h3-13,21-23H,1-2H3/t21?,22?,23-,26-/m0/s1. The van der Waals surface area contributed by atoms with E-state index in [2.05, 4.69) is 24.3 Å². The molecule has 0 aromatic heterocycles. The van der Waals surface area contributed by atoms with Crippen molar-refractivity contribution in [2.45, 2.75) is 25.7 Å². The molecule has 158 valence electrons. The second-order valence-electron chi connectivity index (χ2n) is 9.14. The van der Waals surface area contributed by atoms with Gasteiger partial charge in [0.15, 0.2) is 0 Å². The van der Waals surface area contributed by atoms with Crippen LogP contribution in [0, 0.1) is 28.4 Å². The van der Waals surface area contributed by atoms with Gasteiger partial charge >= 0.3 is 0 Å². The highest BCUT2D eigenvalue weighted by molar-refractivity contribution is 6.25. The van der Waals surface area contributed by atoms with Gasteiger partial charge in [-0.2, -0.15) is 0 Å². The van der Waals surface area contributed by atoms with Crippen molar-refractivity contribution in [1.29, 1.82) is 0 Å². The van der Waals surface area contributed by atoms with Gasteiger partial charge in [-0.15, -0.1) is 0 Å². The second kappa shape index (κ2) is 6.13. The number of hydrogen-bond acceptors (Lipinski definition) is 4. The average Bonchev–Trinajstić information content (AvgIpc) is 3.00. The highest BCUT2D eigenvalue weighted by atomic mass is 16.6. The highest BCUT2D eigenvalue weighted by Crippen LogP contribution is 2.67. The Bertz CT molecular complexity index is 1320. The predicted molar refractivity (Wildman–Crippen MR) is 118 cm³/mol. The maximum absolute atomic E-state index is 14.0. The number of benzene rings is 3. The lowest BCUT2D eigenvalue weighted by Gasteiger charge is -2.51. The minimum absolute atomic E-state index is 0.0994. The van der Waals surface area contributed by atoms with Gasteiger partial charge in [0.05, 0.1) is 21.9 Å². The van der Waals surface area contributed by atoms with Gasteiger partial charge in [0.25, 0.3) is 5.69 Å². The van der Waals surface area contributed by atoms with Gasteiger partial charge in [-0.1, -0.05) is 54.6 Å². The summed E-state index contributed by atoms with van der Waals surface area (Å²) in [6.45, 7) is 3.54. The maximum atomic E-state index is 14.0. The number of carbonyl (C=O) groups is 2. The molecule has 3 aliphatic carbocycles. The van der Waals surface area contributed by atoms with Crippen LogP contribution in [-0.2, 0) is 9.59 Å². The fourth-order valence-electron chi connectivity index (χ4n) is 6.29. The second-order valence-corrected chi connectivity index (χ2v) is 9.14. The normalized spacial score (nSPS) is 27.2. The number of nitro groups is 1. The highest BCUT2D eigenvalue weighted by Gasteiger charge is 2.68. The Hall–Kier alpha value is -3.80. The van der Waals surface area contributed by atoms with E-state index in [1.165, 1.54) is 11.0 Å². The first-order valence-electron chi connectivity index (χ1n) is 10.7. The SMILES string of the molecule is Cc1ccc(N2C(=O)[C@@H]3C4c5ccccc5C(c5ccccc54)[C@]3(C)C2=O)cc1[N+](=O)[O-]. The van der Waals surface area contributed by atoms with Crippen molar-refractivity contribution in [3.8, 4) is 0 Å². The molecule has 1 heterocycles. The van der Waals surface area contributed by atoms with Crippen LogP contribution in [0.4, 0.5) is 11.4 Å². The summed E-state index contributed by atoms with van der Waals surface area (Å²) in [5.41, 5.74) is 4.07. The molecule has 4 aliphatic rings. The molecule has 0 N–H and O–H groups in total. The summed E-state index contributed by atoms with van der Waals surface area (Å²) < 4.78 is 0. The lowest BCUT2D eigenvalue weighted by molar-refractivity contribution is -0.385. The molecule has 1 aliphatic heterocycles. The zero-order valence-corrected chi connectivity index (χ0v) is 17.6. The van der Waals surface area contributed by atoms with Crippen LogP contribution in [0.25, 0.3) is 0 Å². The molecule has 32 heavy (non-hydrogen) atoms. The monoisotopic (exact) mass is 424 g/mol. The predicted octanol–water partition coefficient (Wildman–Crippen LogP) is 4.69. The van der Waals surface area contributed by atoms with E-state index in [0.717, 1.165) is 22.3 Å². The summed E-state index contributed by atoms with van der Waals surface area (Å²) >= 11 is 0. The molecule has 3 aromatic rings. The van der Waals surface area contributed by atoms with Crippen molar-refractivity contribution in [3.63, 3.8) is 0 Å². The molecule has 0 spiro atoms. The first-order chi connectivity index (χ1) is 15.4. The van der Waals surface area contributed by atoms with Crippen LogP contribution in [0.15, 0.2) is 66.7 Å². The molecule has 2 bridgehead atoms. The Labute approximate surface area is 184 Å². The molecule has 1 fully saturated rings. The minimum Gasteiger partial charge on any atom is -0.274 e. The number of aryl methyl sites for hydroxylation is 1. The van der Waals surface area contributed by atoms with Crippen LogP contribution >= 0.6 is 0 Å². The fraction of sp³-hybridized carbons (Fsp3) is 0.231. The van der Waals surface area contributed by atoms with Crippen molar-refractivity contribution in [2.24, 2.45) is 11.3 Å². The molecule has 0 saturated carbocycles. The Kier molecular flexibility index (Phi) is 3.62. The summed E-state index contributed by atoms with van der Waals surface area (Å²) in [6.07, 6.45) is 0. The molecule has 1 saturated heterocycles. The van der Waals surface area contributed by atoms with E-state index >= 15 is 0 Å². The summed E-state index contributed by atoms with van der Waals surface area (Å²) in [4.78, 5) is 40.1. The number of imide groups is 1. The maximum Gasteiger partial charge on any atom is 0.274 e. The minimum atomic E-state index is -0.954. The Morgan fingerprint density at radius 3 is 2.03 bits per heavy atom. The van der Waals surface area contributed by atoms with Crippen LogP contribution < -0.4 is 4.90 Å². The fourth-order valence-corrected chi connectivity index (χ4v) is 6.29. The van der Waals surface area contributed by atoms with Gasteiger partial charge in [-0.3, -0.25) is 19.7 Å². The third-order valence-corrected chi connectivity index (χ3v) is 7.66. The molecule has 0 unspecified atom stereocenters. The quantitative estimate of drug-likeness (QED) is 0.340. The summed E-state index contributed by atoms with van der Waals surface area (Å²) in [6, 6.07) is 20.7. The lowest BCUT2D eigenvalue weighted by atomic mass is 9.48. The molecular weight excluding hydrogens is 404 g/mol. The number of hydrogen-bond donors (Lipinski definition) is 0. The van der Waals surface area contributed by atoms with Crippen molar-refractivity contribution in [2.75, 3.05) is 4.90 Å². The molecule has 6 nitrogen and oxygen atoms in total. The van der Waals surface area contributed by atoms with Crippen LogP contribution in [0.2, 0.25) is 0 Å². The van der Waals surface area contributed by atoms with E-state index in [1.54, 1.807) is 19.1 Å². The van der Waals surface area contributed by atoms with Crippen LogP contribution in [0.3, 0.4) is 0 Å². The van der Waals surface area contributed by atoms with Crippen LogP contribution in [0.5, 0.6) is 0 Å². The molecular formula is C26H20N2O4. The average molecular weight is 424 g/mol. The topological polar surface area (TPSA) is 80.5 Å². The van der Waals surface area contributed by atoms with E-state index < -0.39 is 16.3 Å². The summed E-state index contributed by atoms with van der Waals surface area (Å²) in [7, 11) is 0. The Morgan fingerprint density at radius 2 is 1.47 bits per heavy atom. The molecule has 7 rings (SSSR count). The first-order valence-corrected chi connectivity index (χ1v) is 10.7. The van der Waals surface area contributed by atoms with E-state index in [1.807, 2.05) is 31.2 Å². The summed E-state index contributed by atoms with van der Waals surface area (Å²) in [5.74, 6) is -1.59. The van der Waals surface area contributed by atoms with Crippen LogP contribution in [0.1, 0.15) is 46.6 Å². The Morgan fingerprint density at radius 1 is 0.906 bits per heavy atom. The van der Waals surface area contributed by atoms with Gasteiger partial charge in [0.2, 0.25) is 11.8 Å². The van der Waals surface area contributed by atoms with Gasteiger partial charge in [-0.05, 0) is 42.2 Å². The van der Waals surface area contributed by atoms with E-state index in [9.17, 15) is 19.7 Å². The Balaban J connectivity index is 1.58. The molecule has 2 amide bonds. The first kappa shape index (κ1) is 18.9. The third-order valence-electron chi connectivity index (χ3n) is 7.66. The molecule has 6 heteroatoms. The number of amides is 2. The zero-order chi connectivity index (χ0) is 22.4. The van der Waals surface area contributed by atoms with Gasteiger partial charge in [0, 0.05) is 23.5 Å². The van der Waals surface area contributed by atoms with E-state index in [4.69, 9.17) is 0 Å². The number of anilines is 1. The lowest BCUT2D eigenvalue weighted by Crippen LogP contribution is -2.49. The van der Waals surface area contributed by atoms with Crippen molar-refractivity contribution < 1.29 is 14.5 Å². The van der Waals surface area contributed by atoms with E-state index in [0.29, 0.717) is 5.56 Å². The van der Waals surface area contributed by atoms with Crippen LogP contribution in [-0.4, -0.2) is 16.7 Å². The number of rotatable bonds is 2. The van der Waals surface area contributed by atoms with Gasteiger partial charge in [0.1, 0.15) is 0 Å². The van der Waals surface area contributed by atoms with Gasteiger partial charge < -0.3 is 0 Å². The summed E-state index contributed by atoms with van der Waals surface area (Å²) in [5, 5.41) is 11.5. The third kappa shape index (κ3) is 2.09. The number of nitro benzene ring substituents is 1. The van der Waals surface area contributed by atoms with E-state index in [-0.39, 0.29) is 35.0 Å². The molecule has 0 radical (unpaired) electrons. The van der Waals surface area contributed by atoms with Crippen molar-refractivity contribution in [3.05, 3.63) is 105 Å². The molecule has 2 atom stereocenters. The smallest absolute Gasteiger partial charge is 0.274 e. The van der Waals surface area contributed by atoms with Gasteiger partial charge in [-0.25, -0.2) is 4.90 Å². The molecule has 3 aromatic carbocycles. The number of nitrogens with zero attached hydrogens (tertiary/aromatic N) is 2. The largest absolute Gasteiger partial charge is 0.274 e. The van der Waals surface area contributed by atoms with Crippen molar-refractivity contribution in [1.82, 2.24) is 0 Å².